The van der Waals surface area contributed by atoms with Crippen LogP contribution in [0.5, 0.6) is 0 Å². The number of halogens is 1. The van der Waals surface area contributed by atoms with Crippen molar-refractivity contribution in [3.05, 3.63) is 82.5 Å². The van der Waals surface area contributed by atoms with E-state index in [2.05, 4.69) is 10.3 Å². The third-order valence-electron chi connectivity index (χ3n) is 3.74. The van der Waals surface area contributed by atoms with Gasteiger partial charge in [0.2, 0.25) is 0 Å². The van der Waals surface area contributed by atoms with Crippen LogP contribution < -0.4 is 5.32 Å². The van der Waals surface area contributed by atoms with E-state index in [0.717, 1.165) is 11.3 Å². The van der Waals surface area contributed by atoms with E-state index in [0.29, 0.717) is 10.6 Å². The average Bonchev–Trinajstić information content (AvgIpc) is 3.19. The van der Waals surface area contributed by atoms with E-state index >= 15 is 0 Å². The van der Waals surface area contributed by atoms with Gasteiger partial charge in [-0.15, -0.1) is 11.3 Å². The molecule has 0 bridgehead atoms. The molecule has 0 aliphatic carbocycles. The second-order valence-corrected chi connectivity index (χ2v) is 9.18. The minimum absolute atomic E-state index is 0.0721. The van der Waals surface area contributed by atoms with Gasteiger partial charge < -0.3 is 5.32 Å². The van der Waals surface area contributed by atoms with Gasteiger partial charge in [-0.3, -0.25) is 9.78 Å². The Balaban J connectivity index is 1.89. The van der Waals surface area contributed by atoms with E-state index < -0.39 is 21.0 Å². The largest absolute Gasteiger partial charge is 0.349 e. The molecule has 3 rings (SSSR count). The highest BCUT2D eigenvalue weighted by atomic mass is 35.5. The standard InChI is InChI=1S/C18H15ClN2O3S2/c19-14-8-6-13(7-9-14)16(26(23,24)17-5-3-11-25-17)12-21-18(22)15-4-1-2-10-20-15/h1-11,16H,12H2,(H,21,22)/t16-/m0/s1. The molecule has 0 saturated carbocycles. The molecule has 3 aromatic rings. The van der Waals surface area contributed by atoms with E-state index in [1.54, 1.807) is 60.0 Å². The summed E-state index contributed by atoms with van der Waals surface area (Å²) >= 11 is 7.06. The fraction of sp³-hybridized carbons (Fsp3) is 0.111. The molecular weight excluding hydrogens is 392 g/mol. The molecule has 0 fully saturated rings. The Kier molecular flexibility index (Phi) is 5.70. The monoisotopic (exact) mass is 406 g/mol. The van der Waals surface area contributed by atoms with Crippen LogP contribution in [-0.2, 0) is 9.84 Å². The summed E-state index contributed by atoms with van der Waals surface area (Å²) < 4.78 is 26.3. The number of carbonyl (C=O) groups excluding carboxylic acids is 1. The maximum atomic E-state index is 13.0. The smallest absolute Gasteiger partial charge is 0.269 e. The van der Waals surface area contributed by atoms with E-state index in [9.17, 15) is 13.2 Å². The Morgan fingerprint density at radius 2 is 1.88 bits per heavy atom. The summed E-state index contributed by atoms with van der Waals surface area (Å²) in [6.45, 7) is -0.0721. The molecule has 8 heteroatoms. The average molecular weight is 407 g/mol. The van der Waals surface area contributed by atoms with Crippen LogP contribution in [0.15, 0.2) is 70.4 Å². The second kappa shape index (κ2) is 7.99. The van der Waals surface area contributed by atoms with Crippen molar-refractivity contribution in [3.63, 3.8) is 0 Å². The van der Waals surface area contributed by atoms with Crippen molar-refractivity contribution in [2.24, 2.45) is 0 Å². The van der Waals surface area contributed by atoms with Gasteiger partial charge >= 0.3 is 0 Å². The predicted molar refractivity (Wildman–Crippen MR) is 102 cm³/mol. The lowest BCUT2D eigenvalue weighted by molar-refractivity contribution is 0.0948. The quantitative estimate of drug-likeness (QED) is 0.676. The minimum Gasteiger partial charge on any atom is -0.349 e. The minimum atomic E-state index is -3.66. The van der Waals surface area contributed by atoms with Crippen LogP contribution in [0.4, 0.5) is 0 Å². The van der Waals surface area contributed by atoms with Crippen LogP contribution >= 0.6 is 22.9 Å². The first-order chi connectivity index (χ1) is 12.5. The van der Waals surface area contributed by atoms with Gasteiger partial charge in [0, 0.05) is 17.8 Å². The summed E-state index contributed by atoms with van der Waals surface area (Å²) in [5.41, 5.74) is 0.792. The number of hydrogen-bond donors (Lipinski definition) is 1. The van der Waals surface area contributed by atoms with Crippen molar-refractivity contribution >= 4 is 38.7 Å². The van der Waals surface area contributed by atoms with Gasteiger partial charge in [0.05, 0.1) is 0 Å². The zero-order valence-corrected chi connectivity index (χ0v) is 15.9. The van der Waals surface area contributed by atoms with Crippen LogP contribution in [0, 0.1) is 0 Å². The Bertz CT molecular complexity index is 973. The molecule has 0 spiro atoms. The van der Waals surface area contributed by atoms with Crippen LogP contribution in [-0.4, -0.2) is 25.9 Å². The van der Waals surface area contributed by atoms with E-state index in [1.165, 1.54) is 6.20 Å². The number of benzene rings is 1. The normalized spacial score (nSPS) is 12.5. The molecule has 0 aliphatic rings. The lowest BCUT2D eigenvalue weighted by Crippen LogP contribution is -2.32. The SMILES string of the molecule is O=C(NC[C@@H](c1ccc(Cl)cc1)S(=O)(=O)c1cccs1)c1ccccn1. The molecule has 1 amide bonds. The highest BCUT2D eigenvalue weighted by Gasteiger charge is 2.30. The summed E-state index contributed by atoms with van der Waals surface area (Å²) in [6, 6.07) is 14.8. The predicted octanol–water partition coefficient (Wildman–Crippen LogP) is 3.74. The Morgan fingerprint density at radius 3 is 2.50 bits per heavy atom. The molecule has 1 atom stereocenters. The molecule has 134 valence electrons. The Morgan fingerprint density at radius 1 is 1.12 bits per heavy atom. The van der Waals surface area contributed by atoms with Crippen LogP contribution in [0.2, 0.25) is 5.02 Å². The zero-order valence-electron chi connectivity index (χ0n) is 13.5. The number of aromatic nitrogens is 1. The number of pyridine rings is 1. The molecule has 1 aromatic carbocycles. The fourth-order valence-corrected chi connectivity index (χ4v) is 5.42. The lowest BCUT2D eigenvalue weighted by Gasteiger charge is -2.18. The van der Waals surface area contributed by atoms with Crippen molar-refractivity contribution in [2.75, 3.05) is 6.54 Å². The number of carbonyl (C=O) groups is 1. The van der Waals surface area contributed by atoms with Crippen LogP contribution in [0.3, 0.4) is 0 Å². The number of sulfone groups is 1. The molecule has 1 N–H and O–H groups in total. The number of rotatable bonds is 6. The Labute approximate surface area is 160 Å². The Hall–Kier alpha value is -2.22. The fourth-order valence-electron chi connectivity index (χ4n) is 2.42. The summed E-state index contributed by atoms with van der Waals surface area (Å²) in [5, 5.41) is 3.97. The number of nitrogens with one attached hydrogen (secondary N) is 1. The van der Waals surface area contributed by atoms with Crippen molar-refractivity contribution in [1.82, 2.24) is 10.3 Å². The van der Waals surface area contributed by atoms with Crippen LogP contribution in [0.25, 0.3) is 0 Å². The highest BCUT2D eigenvalue weighted by Crippen LogP contribution is 2.31. The maximum absolute atomic E-state index is 13.0. The first kappa shape index (κ1) is 18.6. The molecule has 0 saturated heterocycles. The molecule has 2 heterocycles. The number of amides is 1. The molecule has 2 aromatic heterocycles. The lowest BCUT2D eigenvalue weighted by atomic mass is 10.1. The summed E-state index contributed by atoms with van der Waals surface area (Å²) in [6.07, 6.45) is 1.51. The van der Waals surface area contributed by atoms with Gasteiger partial charge in [-0.05, 0) is 41.3 Å². The highest BCUT2D eigenvalue weighted by molar-refractivity contribution is 7.93. The third kappa shape index (κ3) is 4.12. The number of nitrogens with zero attached hydrogens (tertiary/aromatic N) is 1. The van der Waals surface area contributed by atoms with Gasteiger partial charge in [0.25, 0.3) is 5.91 Å². The molecule has 0 aliphatic heterocycles. The number of thiophene rings is 1. The van der Waals surface area contributed by atoms with E-state index in [-0.39, 0.29) is 16.4 Å². The van der Waals surface area contributed by atoms with Crippen molar-refractivity contribution in [3.8, 4) is 0 Å². The van der Waals surface area contributed by atoms with E-state index in [4.69, 9.17) is 11.6 Å². The third-order valence-corrected chi connectivity index (χ3v) is 7.52. The molecule has 0 radical (unpaired) electrons. The first-order valence-corrected chi connectivity index (χ1v) is 10.5. The molecule has 5 nitrogen and oxygen atoms in total. The second-order valence-electron chi connectivity index (χ2n) is 5.44. The summed E-state index contributed by atoms with van der Waals surface area (Å²) in [5.74, 6) is -0.425. The van der Waals surface area contributed by atoms with Crippen LogP contribution in [0.1, 0.15) is 21.3 Å². The van der Waals surface area contributed by atoms with Gasteiger partial charge in [-0.1, -0.05) is 35.9 Å². The maximum Gasteiger partial charge on any atom is 0.269 e. The van der Waals surface area contributed by atoms with Gasteiger partial charge in [-0.25, -0.2) is 8.42 Å². The number of hydrogen-bond acceptors (Lipinski definition) is 5. The van der Waals surface area contributed by atoms with Crippen molar-refractivity contribution in [1.29, 1.82) is 0 Å². The van der Waals surface area contributed by atoms with Crippen molar-refractivity contribution < 1.29 is 13.2 Å². The zero-order chi connectivity index (χ0) is 18.6. The summed E-state index contributed by atoms with van der Waals surface area (Å²) in [7, 11) is -3.66. The molecular formula is C18H15ClN2O3S2. The molecule has 0 unspecified atom stereocenters. The van der Waals surface area contributed by atoms with Crippen molar-refractivity contribution in [2.45, 2.75) is 9.46 Å². The topological polar surface area (TPSA) is 76.1 Å². The summed E-state index contributed by atoms with van der Waals surface area (Å²) in [4.78, 5) is 16.2. The molecule has 26 heavy (non-hydrogen) atoms. The van der Waals surface area contributed by atoms with E-state index in [1.807, 2.05) is 0 Å². The van der Waals surface area contributed by atoms with Gasteiger partial charge in [0.15, 0.2) is 9.84 Å². The first-order valence-electron chi connectivity index (χ1n) is 7.70. The van der Waals surface area contributed by atoms with Gasteiger partial charge in [-0.2, -0.15) is 0 Å². The van der Waals surface area contributed by atoms with Gasteiger partial charge in [0.1, 0.15) is 15.2 Å².